The summed E-state index contributed by atoms with van der Waals surface area (Å²) in [6.45, 7) is 0.326. The number of ether oxygens (including phenoxy) is 2. The van der Waals surface area contributed by atoms with E-state index >= 15 is 0 Å². The van der Waals surface area contributed by atoms with Gasteiger partial charge in [0.25, 0.3) is 0 Å². The first kappa shape index (κ1) is 29.4. The second-order valence-electron chi connectivity index (χ2n) is 10.9. The molecule has 1 aromatic heterocycles. The van der Waals surface area contributed by atoms with Crippen LogP contribution >= 0.6 is 0 Å². The Hall–Kier alpha value is -4.12. The van der Waals surface area contributed by atoms with Crippen molar-refractivity contribution in [3.8, 4) is 22.8 Å². The summed E-state index contributed by atoms with van der Waals surface area (Å²) in [7, 11) is 0. The van der Waals surface area contributed by atoms with E-state index in [0.717, 1.165) is 29.5 Å². The van der Waals surface area contributed by atoms with Gasteiger partial charge < -0.3 is 26.0 Å². The average molecular weight is 583 g/mol. The Morgan fingerprint density at radius 3 is 2.43 bits per heavy atom. The van der Waals surface area contributed by atoms with Crippen LogP contribution in [0.1, 0.15) is 55.9 Å². The predicted molar refractivity (Wildman–Crippen MR) is 152 cm³/mol. The number of nitrogen functional groups attached to an aromatic ring is 1. The fourth-order valence-corrected chi connectivity index (χ4v) is 5.07. The Morgan fingerprint density at radius 2 is 1.79 bits per heavy atom. The van der Waals surface area contributed by atoms with Crippen LogP contribution in [-0.2, 0) is 4.79 Å². The number of allylic oxidation sites excluding steroid dienone is 2. The van der Waals surface area contributed by atoms with Gasteiger partial charge in [-0.2, -0.15) is 18.2 Å². The smallest absolute Gasteiger partial charge is 0.429 e. The van der Waals surface area contributed by atoms with Crippen LogP contribution in [0.15, 0.2) is 60.7 Å². The first-order valence-corrected chi connectivity index (χ1v) is 13.9. The van der Waals surface area contributed by atoms with Crippen molar-refractivity contribution in [2.24, 2.45) is 17.6 Å². The largest absolute Gasteiger partial charge is 0.493 e. The second kappa shape index (κ2) is 12.4. The first-order valence-electron chi connectivity index (χ1n) is 13.9. The highest BCUT2D eigenvalue weighted by Gasteiger charge is 2.45. The minimum Gasteiger partial charge on any atom is -0.493 e. The normalized spacial score (nSPS) is 18.6. The lowest BCUT2D eigenvalue weighted by Gasteiger charge is -2.25. The molecule has 8 nitrogen and oxygen atoms in total. The molecule has 0 bridgehead atoms. The van der Waals surface area contributed by atoms with Gasteiger partial charge in [0.1, 0.15) is 11.8 Å². The molecule has 0 radical (unpaired) electrons. The molecule has 2 aliphatic rings. The van der Waals surface area contributed by atoms with Gasteiger partial charge in [0, 0.05) is 11.6 Å². The van der Waals surface area contributed by atoms with Crippen LogP contribution in [0.2, 0.25) is 0 Å². The van der Waals surface area contributed by atoms with Gasteiger partial charge in [0.15, 0.2) is 0 Å². The molecule has 3 atom stereocenters. The zero-order valence-corrected chi connectivity index (χ0v) is 22.9. The van der Waals surface area contributed by atoms with Crippen LogP contribution in [0.3, 0.4) is 0 Å². The van der Waals surface area contributed by atoms with E-state index in [1.165, 1.54) is 12.1 Å². The molecule has 0 spiro atoms. The Morgan fingerprint density at radius 1 is 1.02 bits per heavy atom. The number of hydrogen-bond acceptors (Lipinski definition) is 7. The zero-order chi connectivity index (χ0) is 29.9. The minimum absolute atomic E-state index is 0.0808. The number of carboxylic acids is 1. The van der Waals surface area contributed by atoms with E-state index in [1.54, 1.807) is 12.1 Å². The van der Waals surface area contributed by atoms with Gasteiger partial charge in [-0.05, 0) is 73.1 Å². The Kier molecular flexibility index (Phi) is 8.67. The average Bonchev–Trinajstić information content (AvgIpc) is 3.79. The SMILES string of the molecule is Nc1nc(O[C@H](c2ccc(-c3ccccc3)cc2OCC2CC2)C(F)(F)F)cc(C2=CCC(C[C@H](N)C(=O)O)CC2)n1. The lowest BCUT2D eigenvalue weighted by atomic mass is 9.84. The summed E-state index contributed by atoms with van der Waals surface area (Å²) in [6.07, 6.45) is -1.19. The molecular formula is C31H33F3N4O4. The van der Waals surface area contributed by atoms with Crippen molar-refractivity contribution >= 4 is 17.5 Å². The van der Waals surface area contributed by atoms with Gasteiger partial charge in [-0.3, -0.25) is 4.79 Å². The number of nitrogens with zero attached hydrogens (tertiary/aromatic N) is 2. The number of aromatic nitrogens is 2. The number of alkyl halides is 3. The van der Waals surface area contributed by atoms with Crippen LogP contribution in [0.25, 0.3) is 16.7 Å². The van der Waals surface area contributed by atoms with E-state index in [-0.39, 0.29) is 29.1 Å². The maximum atomic E-state index is 14.5. The molecule has 5 rings (SSSR count). The van der Waals surface area contributed by atoms with Gasteiger partial charge in [-0.1, -0.05) is 48.5 Å². The monoisotopic (exact) mass is 582 g/mol. The van der Waals surface area contributed by atoms with Crippen molar-refractivity contribution in [3.05, 3.63) is 71.9 Å². The van der Waals surface area contributed by atoms with Gasteiger partial charge >= 0.3 is 12.1 Å². The summed E-state index contributed by atoms with van der Waals surface area (Å²) in [6, 6.07) is 14.4. The lowest BCUT2D eigenvalue weighted by Crippen LogP contribution is -2.32. The number of benzene rings is 2. The van der Waals surface area contributed by atoms with E-state index in [4.69, 9.17) is 26.0 Å². The quantitative estimate of drug-likeness (QED) is 0.244. The molecule has 3 aromatic rings. The van der Waals surface area contributed by atoms with Gasteiger partial charge in [0.2, 0.25) is 17.9 Å². The first-order chi connectivity index (χ1) is 20.1. The molecule has 11 heteroatoms. The Labute approximate surface area is 241 Å². The van der Waals surface area contributed by atoms with Crippen molar-refractivity contribution in [2.75, 3.05) is 12.3 Å². The zero-order valence-electron chi connectivity index (χ0n) is 22.9. The Balaban J connectivity index is 1.41. The number of halogens is 3. The summed E-state index contributed by atoms with van der Waals surface area (Å²) in [5, 5.41) is 9.08. The maximum absolute atomic E-state index is 14.5. The number of rotatable bonds is 11. The number of nitrogens with two attached hydrogens (primary N) is 2. The molecule has 1 fully saturated rings. The van der Waals surface area contributed by atoms with Crippen LogP contribution in [0.5, 0.6) is 11.6 Å². The summed E-state index contributed by atoms with van der Waals surface area (Å²) in [5.41, 5.74) is 14.1. The van der Waals surface area contributed by atoms with Crippen LogP contribution in [0, 0.1) is 11.8 Å². The van der Waals surface area contributed by atoms with E-state index in [2.05, 4.69) is 9.97 Å². The van der Waals surface area contributed by atoms with Crippen LogP contribution < -0.4 is 20.9 Å². The van der Waals surface area contributed by atoms with Crippen molar-refractivity contribution in [2.45, 2.75) is 56.8 Å². The lowest BCUT2D eigenvalue weighted by molar-refractivity contribution is -0.199. The molecule has 0 saturated heterocycles. The number of carbonyl (C=O) groups is 1. The third-order valence-corrected chi connectivity index (χ3v) is 7.58. The summed E-state index contributed by atoms with van der Waals surface area (Å²) in [5.74, 6) is -1.06. The van der Waals surface area contributed by atoms with Crippen molar-refractivity contribution in [3.63, 3.8) is 0 Å². The molecule has 1 saturated carbocycles. The number of aliphatic carboxylic acids is 1. The van der Waals surface area contributed by atoms with E-state index in [1.807, 2.05) is 36.4 Å². The highest BCUT2D eigenvalue weighted by Crippen LogP contribution is 2.43. The number of carboxylic acid groups (broad SMARTS) is 1. The van der Waals surface area contributed by atoms with Crippen molar-refractivity contribution in [1.29, 1.82) is 0 Å². The molecule has 2 aliphatic carbocycles. The van der Waals surface area contributed by atoms with Crippen LogP contribution in [-0.4, -0.2) is 39.9 Å². The van der Waals surface area contributed by atoms with Crippen LogP contribution in [0.4, 0.5) is 19.1 Å². The van der Waals surface area contributed by atoms with E-state index in [9.17, 15) is 18.0 Å². The van der Waals surface area contributed by atoms with Crippen molar-refractivity contribution < 1.29 is 32.5 Å². The highest BCUT2D eigenvalue weighted by atomic mass is 19.4. The van der Waals surface area contributed by atoms with Gasteiger partial charge in [-0.25, -0.2) is 4.98 Å². The maximum Gasteiger partial charge on any atom is 0.429 e. The molecule has 5 N–H and O–H groups in total. The molecule has 0 amide bonds. The standard InChI is InChI=1S/C31H33F3N4O4/c32-31(33,34)28(23-13-12-22(20-4-2-1-3-5-20)15-26(23)41-17-19-6-7-19)42-27-16-25(37-30(36)38-27)21-10-8-18(9-11-21)14-24(35)29(39)40/h1-5,10,12-13,15-16,18-19,24,28H,6-9,11,14,17,35H2,(H,39,40)(H2,36,37,38)/t18?,24-,28+/m0/s1. The van der Waals surface area contributed by atoms with Gasteiger partial charge in [-0.15, -0.1) is 0 Å². The molecular weight excluding hydrogens is 549 g/mol. The van der Waals surface area contributed by atoms with Crippen molar-refractivity contribution in [1.82, 2.24) is 9.97 Å². The second-order valence-corrected chi connectivity index (χ2v) is 10.9. The molecule has 1 heterocycles. The Bertz CT molecular complexity index is 1440. The summed E-state index contributed by atoms with van der Waals surface area (Å²) < 4.78 is 55.1. The molecule has 1 unspecified atom stereocenters. The van der Waals surface area contributed by atoms with Gasteiger partial charge in [0.05, 0.1) is 12.3 Å². The molecule has 0 aliphatic heterocycles. The third kappa shape index (κ3) is 7.39. The number of hydrogen-bond donors (Lipinski definition) is 3. The highest BCUT2D eigenvalue weighted by molar-refractivity contribution is 5.73. The third-order valence-electron chi connectivity index (χ3n) is 7.58. The van der Waals surface area contributed by atoms with E-state index < -0.39 is 24.3 Å². The summed E-state index contributed by atoms with van der Waals surface area (Å²) in [4.78, 5) is 19.3. The predicted octanol–water partition coefficient (Wildman–Crippen LogP) is 6.18. The minimum atomic E-state index is -4.79. The fourth-order valence-electron chi connectivity index (χ4n) is 5.07. The molecule has 2 aromatic carbocycles. The molecule has 42 heavy (non-hydrogen) atoms. The topological polar surface area (TPSA) is 134 Å². The fraction of sp³-hybridized carbons (Fsp3) is 0.387. The van der Waals surface area contributed by atoms with E-state index in [0.29, 0.717) is 43.9 Å². The molecule has 222 valence electrons. The number of anilines is 1. The summed E-state index contributed by atoms with van der Waals surface area (Å²) >= 11 is 0.